The summed E-state index contributed by atoms with van der Waals surface area (Å²) in [5, 5.41) is -0.880. The minimum absolute atomic E-state index is 0.0998. The molecular weight excluding hydrogens is 330 g/mol. The summed E-state index contributed by atoms with van der Waals surface area (Å²) in [6.45, 7) is 0. The summed E-state index contributed by atoms with van der Waals surface area (Å²) in [7, 11) is 0. The Hall–Kier alpha value is 0.460. The van der Waals surface area contributed by atoms with Gasteiger partial charge < -0.3 is 0 Å². The molecule has 16 heavy (non-hydrogen) atoms. The van der Waals surface area contributed by atoms with Crippen LogP contribution in [0.1, 0.15) is 11.1 Å². The van der Waals surface area contributed by atoms with E-state index in [-0.39, 0.29) is 10.6 Å². The molecule has 0 amide bonds. The lowest BCUT2D eigenvalue weighted by atomic mass is 10.1. The maximum absolute atomic E-state index is 12.4. The van der Waals surface area contributed by atoms with Crippen LogP contribution in [-0.2, 0) is 9.97 Å². The number of halogens is 8. The summed E-state index contributed by atoms with van der Waals surface area (Å²) in [6, 6.07) is 1.51. The Morgan fingerprint density at radius 1 is 0.812 bits per heavy atom. The smallest absolute Gasteiger partial charge is 0.166 e. The monoisotopic (exact) mass is 330 g/mol. The largest absolute Gasteiger partial charge is 0.417 e. The molecular formula is C8H2Cl5F3. The van der Waals surface area contributed by atoms with Crippen molar-refractivity contribution in [2.75, 3.05) is 0 Å². The van der Waals surface area contributed by atoms with E-state index in [0.29, 0.717) is 6.07 Å². The Kier molecular flexibility index (Phi) is 4.19. The highest BCUT2D eigenvalue weighted by atomic mass is 35.6. The van der Waals surface area contributed by atoms with Gasteiger partial charge in [0.05, 0.1) is 10.6 Å². The van der Waals surface area contributed by atoms with Gasteiger partial charge in [-0.15, -0.1) is 0 Å². The second kappa shape index (κ2) is 4.62. The van der Waals surface area contributed by atoms with Gasteiger partial charge in [-0.05, 0) is 12.1 Å². The first-order valence-corrected chi connectivity index (χ1v) is 5.56. The van der Waals surface area contributed by atoms with Gasteiger partial charge >= 0.3 is 6.18 Å². The van der Waals surface area contributed by atoms with E-state index in [0.717, 1.165) is 6.07 Å². The molecule has 0 saturated heterocycles. The molecule has 1 rings (SSSR count). The quantitative estimate of drug-likeness (QED) is 0.524. The number of rotatable bonds is 0. The van der Waals surface area contributed by atoms with E-state index in [2.05, 4.69) is 0 Å². The second-order valence-electron chi connectivity index (χ2n) is 2.81. The maximum atomic E-state index is 12.4. The van der Waals surface area contributed by atoms with Crippen LogP contribution >= 0.6 is 58.0 Å². The molecule has 0 bridgehead atoms. The Bertz CT molecular complexity index is 368. The summed E-state index contributed by atoms with van der Waals surface area (Å²) < 4.78 is 35.3. The van der Waals surface area contributed by atoms with E-state index in [9.17, 15) is 13.2 Å². The predicted molar refractivity (Wildman–Crippen MR) is 60.7 cm³/mol. The number of hydrogen-bond donors (Lipinski definition) is 0. The van der Waals surface area contributed by atoms with E-state index < -0.39 is 20.6 Å². The topological polar surface area (TPSA) is 0 Å². The minimum Gasteiger partial charge on any atom is -0.166 e. The van der Waals surface area contributed by atoms with Gasteiger partial charge in [-0.1, -0.05) is 58.0 Å². The van der Waals surface area contributed by atoms with Gasteiger partial charge in [-0.2, -0.15) is 13.2 Å². The van der Waals surface area contributed by atoms with Crippen molar-refractivity contribution in [1.82, 2.24) is 0 Å². The van der Waals surface area contributed by atoms with Crippen LogP contribution in [0.15, 0.2) is 12.1 Å². The molecule has 0 nitrogen and oxygen atoms in total. The number of benzene rings is 1. The zero-order valence-corrected chi connectivity index (χ0v) is 11.0. The third-order valence-corrected chi connectivity index (χ3v) is 2.90. The van der Waals surface area contributed by atoms with Gasteiger partial charge in [-0.3, -0.25) is 0 Å². The van der Waals surface area contributed by atoms with E-state index in [1.807, 2.05) is 0 Å². The highest BCUT2D eigenvalue weighted by molar-refractivity contribution is 6.67. The molecule has 0 aliphatic rings. The van der Waals surface area contributed by atoms with Crippen molar-refractivity contribution < 1.29 is 13.2 Å². The van der Waals surface area contributed by atoms with E-state index >= 15 is 0 Å². The molecule has 0 unspecified atom stereocenters. The van der Waals surface area contributed by atoms with Crippen LogP contribution in [0.4, 0.5) is 13.2 Å². The summed E-state index contributed by atoms with van der Waals surface area (Å²) in [5.74, 6) is 0. The first-order chi connectivity index (χ1) is 7.03. The van der Waals surface area contributed by atoms with Crippen molar-refractivity contribution in [2.24, 2.45) is 0 Å². The molecule has 0 N–H and O–H groups in total. The van der Waals surface area contributed by atoms with Crippen LogP contribution in [-0.4, -0.2) is 0 Å². The van der Waals surface area contributed by atoms with Crippen molar-refractivity contribution in [3.63, 3.8) is 0 Å². The Morgan fingerprint density at radius 2 is 1.19 bits per heavy atom. The third kappa shape index (κ3) is 3.23. The van der Waals surface area contributed by atoms with Crippen molar-refractivity contribution in [2.45, 2.75) is 9.97 Å². The fourth-order valence-electron chi connectivity index (χ4n) is 0.981. The lowest BCUT2D eigenvalue weighted by Gasteiger charge is -2.16. The molecule has 0 aliphatic carbocycles. The fraction of sp³-hybridized carbons (Fsp3) is 0.250. The summed E-state index contributed by atoms with van der Waals surface area (Å²) in [4.78, 5) is 0. The molecule has 0 aromatic heterocycles. The van der Waals surface area contributed by atoms with Gasteiger partial charge in [0.1, 0.15) is 0 Å². The third-order valence-electron chi connectivity index (χ3n) is 1.67. The number of alkyl halides is 6. The molecule has 8 heteroatoms. The highest BCUT2D eigenvalue weighted by Crippen LogP contribution is 2.45. The SMILES string of the molecule is FC(F)(F)c1cc(Cl)c(C(Cl)(Cl)Cl)cc1Cl. The second-order valence-corrected chi connectivity index (χ2v) is 5.90. The molecule has 1 aromatic carbocycles. The standard InChI is InChI=1S/C8H2Cl5F3/c9-5-2-4(8(14,15)16)6(10)1-3(5)7(11,12)13/h1-2H. The molecule has 0 radical (unpaired) electrons. The Balaban J connectivity index is 3.40. The van der Waals surface area contributed by atoms with Crippen LogP contribution in [0.3, 0.4) is 0 Å². The van der Waals surface area contributed by atoms with Gasteiger partial charge in [0.15, 0.2) is 0 Å². The van der Waals surface area contributed by atoms with Crippen molar-refractivity contribution in [3.05, 3.63) is 33.3 Å². The average molecular weight is 332 g/mol. The molecule has 0 atom stereocenters. The molecule has 0 spiro atoms. The summed E-state index contributed by atoms with van der Waals surface area (Å²) in [5.41, 5.74) is -1.17. The van der Waals surface area contributed by atoms with Crippen LogP contribution in [0.2, 0.25) is 10.0 Å². The first-order valence-electron chi connectivity index (χ1n) is 3.67. The Labute approximate surface area is 114 Å². The van der Waals surface area contributed by atoms with Crippen molar-refractivity contribution >= 4 is 58.0 Å². The van der Waals surface area contributed by atoms with Crippen molar-refractivity contribution in [1.29, 1.82) is 0 Å². The Morgan fingerprint density at radius 3 is 1.56 bits per heavy atom. The van der Waals surface area contributed by atoms with E-state index in [1.54, 1.807) is 0 Å². The zero-order valence-electron chi connectivity index (χ0n) is 7.18. The molecule has 1 aromatic rings. The van der Waals surface area contributed by atoms with Crippen LogP contribution in [0.5, 0.6) is 0 Å². The predicted octanol–water partition coefficient (Wildman–Crippen LogP) is 5.84. The lowest BCUT2D eigenvalue weighted by molar-refractivity contribution is -0.137. The van der Waals surface area contributed by atoms with Gasteiger partial charge in [0, 0.05) is 10.6 Å². The van der Waals surface area contributed by atoms with E-state index in [1.165, 1.54) is 0 Å². The molecule has 90 valence electrons. The molecule has 0 aliphatic heterocycles. The molecule has 0 saturated carbocycles. The summed E-state index contributed by atoms with van der Waals surface area (Å²) >= 11 is 27.5. The number of hydrogen-bond acceptors (Lipinski definition) is 0. The van der Waals surface area contributed by atoms with Crippen LogP contribution in [0, 0.1) is 0 Å². The fourth-order valence-corrected chi connectivity index (χ4v) is 2.17. The van der Waals surface area contributed by atoms with Gasteiger partial charge in [0.2, 0.25) is 3.79 Å². The highest BCUT2D eigenvalue weighted by Gasteiger charge is 2.36. The van der Waals surface area contributed by atoms with Crippen LogP contribution < -0.4 is 0 Å². The average Bonchev–Trinajstić information content (AvgIpc) is 2.04. The maximum Gasteiger partial charge on any atom is 0.417 e. The van der Waals surface area contributed by atoms with E-state index in [4.69, 9.17) is 58.0 Å². The van der Waals surface area contributed by atoms with Gasteiger partial charge in [-0.25, -0.2) is 0 Å². The first kappa shape index (κ1) is 14.5. The van der Waals surface area contributed by atoms with Gasteiger partial charge in [0.25, 0.3) is 0 Å². The normalized spacial score (nSPS) is 13.0. The lowest BCUT2D eigenvalue weighted by Crippen LogP contribution is -2.09. The summed E-state index contributed by atoms with van der Waals surface area (Å²) in [6.07, 6.45) is -4.60. The minimum atomic E-state index is -4.60. The van der Waals surface area contributed by atoms with Crippen molar-refractivity contribution in [3.8, 4) is 0 Å². The molecule has 0 heterocycles. The van der Waals surface area contributed by atoms with Crippen LogP contribution in [0.25, 0.3) is 0 Å². The zero-order chi connectivity index (χ0) is 12.7. The molecule has 0 fully saturated rings.